The third kappa shape index (κ3) is 5.43. The summed E-state index contributed by atoms with van der Waals surface area (Å²) in [4.78, 5) is 25.6. The van der Waals surface area contributed by atoms with Crippen molar-refractivity contribution in [2.75, 3.05) is 25.0 Å². The highest BCUT2D eigenvalue weighted by Gasteiger charge is 2.24. The van der Waals surface area contributed by atoms with Gasteiger partial charge in [-0.3, -0.25) is 4.79 Å². The number of amides is 1. The number of carbonyl (C=O) groups is 2. The molecule has 0 fully saturated rings. The van der Waals surface area contributed by atoms with Gasteiger partial charge in [0, 0.05) is 28.7 Å². The molecule has 3 rings (SSSR count). The fourth-order valence-electron chi connectivity index (χ4n) is 3.49. The van der Waals surface area contributed by atoms with Gasteiger partial charge >= 0.3 is 5.97 Å². The maximum atomic E-state index is 12.9. The van der Waals surface area contributed by atoms with Crippen LogP contribution < -0.4 is 5.32 Å². The molecule has 3 aromatic rings. The Morgan fingerprint density at radius 3 is 2.21 bits per heavy atom. The third-order valence-electron chi connectivity index (χ3n) is 5.00. The Balaban J connectivity index is 1.87. The highest BCUT2D eigenvalue weighted by molar-refractivity contribution is 7.89. The van der Waals surface area contributed by atoms with E-state index in [9.17, 15) is 18.0 Å². The topological polar surface area (TPSA) is 92.8 Å². The number of ether oxygens (including phenoxy) is 1. The van der Waals surface area contributed by atoms with Crippen molar-refractivity contribution < 1.29 is 22.7 Å². The average Bonchev–Trinajstić information content (AvgIpc) is 3.17. The van der Waals surface area contributed by atoms with Gasteiger partial charge in [-0.05, 0) is 50.1 Å². The molecular formula is C24H28N2O5S2. The number of hydrogen-bond donors (Lipinski definition) is 1. The molecule has 7 nitrogen and oxygen atoms in total. The zero-order valence-electron chi connectivity index (χ0n) is 19.0. The SMILES string of the molecule is CCCN(CCC)S(=O)(=O)c1ccc(C(=O)Nc2sc3ccccc3c2C(=O)OCC)cc1. The van der Waals surface area contributed by atoms with Gasteiger partial charge < -0.3 is 10.1 Å². The Kier molecular flexibility index (Phi) is 8.23. The molecule has 1 amide bonds. The van der Waals surface area contributed by atoms with E-state index in [1.807, 2.05) is 38.1 Å². The van der Waals surface area contributed by atoms with Crippen LogP contribution in [0, 0.1) is 0 Å². The van der Waals surface area contributed by atoms with Gasteiger partial charge in [-0.25, -0.2) is 13.2 Å². The lowest BCUT2D eigenvalue weighted by atomic mass is 10.1. The van der Waals surface area contributed by atoms with Crippen molar-refractivity contribution in [3.05, 3.63) is 59.7 Å². The largest absolute Gasteiger partial charge is 0.462 e. The van der Waals surface area contributed by atoms with Crippen molar-refractivity contribution in [3.8, 4) is 0 Å². The standard InChI is InChI=1S/C24H28N2O5S2/c1-4-15-26(16-5-2)33(29,30)18-13-11-17(12-14-18)22(27)25-23-21(24(28)31-6-3)19-9-7-8-10-20(19)32-23/h7-14H,4-6,15-16H2,1-3H3,(H,25,27). The monoisotopic (exact) mass is 488 g/mol. The van der Waals surface area contributed by atoms with E-state index < -0.39 is 21.9 Å². The Morgan fingerprint density at radius 1 is 0.970 bits per heavy atom. The first-order chi connectivity index (χ1) is 15.8. The number of carbonyl (C=O) groups excluding carboxylic acids is 2. The Hall–Kier alpha value is -2.75. The molecule has 0 aliphatic carbocycles. The molecule has 33 heavy (non-hydrogen) atoms. The van der Waals surface area contributed by atoms with Crippen LogP contribution in [0.2, 0.25) is 0 Å². The molecule has 0 bridgehead atoms. The highest BCUT2D eigenvalue weighted by Crippen LogP contribution is 2.36. The summed E-state index contributed by atoms with van der Waals surface area (Å²) in [5, 5.41) is 3.91. The minimum Gasteiger partial charge on any atom is -0.462 e. The summed E-state index contributed by atoms with van der Waals surface area (Å²) >= 11 is 1.29. The predicted molar refractivity (Wildman–Crippen MR) is 132 cm³/mol. The van der Waals surface area contributed by atoms with Crippen molar-refractivity contribution >= 4 is 48.3 Å². The summed E-state index contributed by atoms with van der Waals surface area (Å²) in [6.07, 6.45) is 1.44. The number of benzene rings is 2. The lowest BCUT2D eigenvalue weighted by Crippen LogP contribution is -2.32. The van der Waals surface area contributed by atoms with E-state index in [1.54, 1.807) is 6.92 Å². The number of nitrogens with one attached hydrogen (secondary N) is 1. The summed E-state index contributed by atoms with van der Waals surface area (Å²) < 4.78 is 33.4. The van der Waals surface area contributed by atoms with Gasteiger partial charge in [-0.1, -0.05) is 32.0 Å². The van der Waals surface area contributed by atoms with Crippen molar-refractivity contribution in [1.29, 1.82) is 0 Å². The maximum Gasteiger partial charge on any atom is 0.341 e. The smallest absolute Gasteiger partial charge is 0.341 e. The van der Waals surface area contributed by atoms with Crippen LogP contribution in [0.15, 0.2) is 53.4 Å². The molecule has 9 heteroatoms. The second-order valence-electron chi connectivity index (χ2n) is 7.41. The number of rotatable bonds is 10. The fourth-order valence-corrected chi connectivity index (χ4v) is 6.20. The number of anilines is 1. The van der Waals surface area contributed by atoms with E-state index >= 15 is 0 Å². The molecule has 0 aliphatic rings. The van der Waals surface area contributed by atoms with Crippen LogP contribution in [0.25, 0.3) is 10.1 Å². The Bertz CT molecular complexity index is 1230. The van der Waals surface area contributed by atoms with Crippen LogP contribution in [0.5, 0.6) is 0 Å². The van der Waals surface area contributed by atoms with Gasteiger partial charge in [0.25, 0.3) is 5.91 Å². The number of esters is 1. The first kappa shape index (κ1) is 24.9. The quantitative estimate of drug-likeness (QED) is 0.399. The number of nitrogens with zero attached hydrogens (tertiary/aromatic N) is 1. The average molecular weight is 489 g/mol. The fraction of sp³-hybridized carbons (Fsp3) is 0.333. The van der Waals surface area contributed by atoms with Crippen molar-refractivity contribution in [2.24, 2.45) is 0 Å². The number of sulfonamides is 1. The minimum absolute atomic E-state index is 0.148. The van der Waals surface area contributed by atoms with Gasteiger partial charge in [-0.2, -0.15) is 4.31 Å². The molecule has 1 heterocycles. The second kappa shape index (κ2) is 10.9. The molecule has 1 aromatic heterocycles. The summed E-state index contributed by atoms with van der Waals surface area (Å²) in [7, 11) is -3.63. The van der Waals surface area contributed by atoms with E-state index in [4.69, 9.17) is 4.74 Å². The molecule has 2 aromatic carbocycles. The molecule has 0 unspecified atom stereocenters. The summed E-state index contributed by atoms with van der Waals surface area (Å²) in [6, 6.07) is 13.2. The van der Waals surface area contributed by atoms with Gasteiger partial charge in [0.15, 0.2) is 0 Å². The third-order valence-corrected chi connectivity index (χ3v) is 8.00. The minimum atomic E-state index is -3.63. The molecular weight excluding hydrogens is 460 g/mol. The molecule has 0 aliphatic heterocycles. The van der Waals surface area contributed by atoms with Crippen molar-refractivity contribution in [2.45, 2.75) is 38.5 Å². The summed E-state index contributed by atoms with van der Waals surface area (Å²) in [5.74, 6) is -0.936. The normalized spacial score (nSPS) is 11.6. The van der Waals surface area contributed by atoms with E-state index in [2.05, 4.69) is 5.32 Å². The van der Waals surface area contributed by atoms with Crippen LogP contribution in [0.4, 0.5) is 5.00 Å². The van der Waals surface area contributed by atoms with Crippen LogP contribution >= 0.6 is 11.3 Å². The Labute approximate surface area is 198 Å². The van der Waals surface area contributed by atoms with Crippen LogP contribution in [-0.4, -0.2) is 44.3 Å². The van der Waals surface area contributed by atoms with E-state index in [0.29, 0.717) is 34.6 Å². The molecule has 0 radical (unpaired) electrons. The van der Waals surface area contributed by atoms with Gasteiger partial charge in [0.05, 0.1) is 11.5 Å². The second-order valence-corrected chi connectivity index (χ2v) is 10.4. The first-order valence-electron chi connectivity index (χ1n) is 10.9. The lowest BCUT2D eigenvalue weighted by molar-refractivity contribution is 0.0530. The first-order valence-corrected chi connectivity index (χ1v) is 13.2. The molecule has 0 atom stereocenters. The van der Waals surface area contributed by atoms with E-state index in [1.165, 1.54) is 39.9 Å². The Morgan fingerprint density at radius 2 is 1.61 bits per heavy atom. The molecule has 0 spiro atoms. The zero-order chi connectivity index (χ0) is 24.0. The maximum absolute atomic E-state index is 12.9. The van der Waals surface area contributed by atoms with Gasteiger partial charge in [0.2, 0.25) is 10.0 Å². The van der Waals surface area contributed by atoms with E-state index in [-0.39, 0.29) is 11.5 Å². The molecule has 176 valence electrons. The summed E-state index contributed by atoms with van der Waals surface area (Å²) in [6.45, 7) is 6.71. The van der Waals surface area contributed by atoms with Gasteiger partial charge in [-0.15, -0.1) is 11.3 Å². The van der Waals surface area contributed by atoms with Crippen molar-refractivity contribution in [1.82, 2.24) is 4.31 Å². The molecule has 0 saturated heterocycles. The molecule has 0 saturated carbocycles. The van der Waals surface area contributed by atoms with Crippen LogP contribution in [0.3, 0.4) is 0 Å². The predicted octanol–water partition coefficient (Wildman–Crippen LogP) is 5.14. The van der Waals surface area contributed by atoms with E-state index in [0.717, 1.165) is 17.5 Å². The molecule has 1 N–H and O–H groups in total. The highest BCUT2D eigenvalue weighted by atomic mass is 32.2. The van der Waals surface area contributed by atoms with Gasteiger partial charge in [0.1, 0.15) is 10.6 Å². The summed E-state index contributed by atoms with van der Waals surface area (Å²) in [5.41, 5.74) is 0.610. The van der Waals surface area contributed by atoms with Crippen LogP contribution in [-0.2, 0) is 14.8 Å². The number of hydrogen-bond acceptors (Lipinski definition) is 6. The van der Waals surface area contributed by atoms with Crippen molar-refractivity contribution in [3.63, 3.8) is 0 Å². The zero-order valence-corrected chi connectivity index (χ0v) is 20.6. The number of fused-ring (bicyclic) bond motifs is 1. The van der Waals surface area contributed by atoms with Crippen LogP contribution in [0.1, 0.15) is 54.3 Å². The lowest BCUT2D eigenvalue weighted by Gasteiger charge is -2.21. The number of thiophene rings is 1.